The predicted molar refractivity (Wildman–Crippen MR) is 62.6 cm³/mol. The van der Waals surface area contributed by atoms with Crippen molar-refractivity contribution < 1.29 is 14.6 Å². The molecular weight excluding hydrogens is 204 g/mol. The van der Waals surface area contributed by atoms with Crippen molar-refractivity contribution in [2.24, 2.45) is 5.41 Å². The number of rotatable bonds is 2. The molecule has 0 bridgehead atoms. The fourth-order valence-electron chi connectivity index (χ4n) is 1.19. The van der Waals surface area contributed by atoms with Gasteiger partial charge in [-0.05, 0) is 51.0 Å². The lowest BCUT2D eigenvalue weighted by Crippen LogP contribution is -2.25. The van der Waals surface area contributed by atoms with Gasteiger partial charge in [0.25, 0.3) is 0 Å². The quantitative estimate of drug-likeness (QED) is 0.618. The summed E-state index contributed by atoms with van der Waals surface area (Å²) in [5.41, 5.74) is 0.306. The molecule has 1 aromatic rings. The predicted octanol–water partition coefficient (Wildman–Crippen LogP) is 2.91. The third-order valence-electron chi connectivity index (χ3n) is 2.24. The average molecular weight is 222 g/mol. The zero-order chi connectivity index (χ0) is 12.3. The lowest BCUT2D eigenvalue weighted by molar-refractivity contribution is -0.143. The normalized spacial score (nSPS) is 11.2. The average Bonchev–Trinajstić information content (AvgIpc) is 2.19. The first-order valence-corrected chi connectivity index (χ1v) is 5.38. The molecule has 0 heterocycles. The first-order valence-electron chi connectivity index (χ1n) is 5.38. The number of hydrogen-bond donors (Lipinski definition) is 1. The molecule has 0 aliphatic rings. The van der Waals surface area contributed by atoms with E-state index in [2.05, 4.69) is 0 Å². The van der Waals surface area contributed by atoms with E-state index in [9.17, 15) is 9.90 Å². The van der Waals surface area contributed by atoms with Gasteiger partial charge in [-0.15, -0.1) is 0 Å². The maximum absolute atomic E-state index is 11.7. The summed E-state index contributed by atoms with van der Waals surface area (Å²) < 4.78 is 5.31. The summed E-state index contributed by atoms with van der Waals surface area (Å²) in [6.07, 6.45) is 0.709. The molecule has 88 valence electrons. The molecule has 0 atom stereocenters. The number of benzene rings is 1. The zero-order valence-electron chi connectivity index (χ0n) is 10.2. The van der Waals surface area contributed by atoms with Gasteiger partial charge in [0.1, 0.15) is 11.5 Å². The number of ether oxygens (including phenoxy) is 1. The van der Waals surface area contributed by atoms with Crippen LogP contribution in [0.4, 0.5) is 0 Å². The van der Waals surface area contributed by atoms with E-state index >= 15 is 0 Å². The zero-order valence-corrected chi connectivity index (χ0v) is 10.2. The van der Waals surface area contributed by atoms with E-state index < -0.39 is 5.41 Å². The van der Waals surface area contributed by atoms with Crippen molar-refractivity contribution >= 4 is 5.97 Å². The number of hydrogen-bond acceptors (Lipinski definition) is 3. The second-order valence-electron chi connectivity index (χ2n) is 4.79. The first kappa shape index (κ1) is 12.6. The molecule has 0 aliphatic carbocycles. The van der Waals surface area contributed by atoms with Crippen molar-refractivity contribution in [2.45, 2.75) is 34.1 Å². The summed E-state index contributed by atoms with van der Waals surface area (Å²) in [6.45, 7) is 7.37. The number of carbonyl (C=O) groups is 1. The van der Waals surface area contributed by atoms with E-state index in [0.29, 0.717) is 12.2 Å². The topological polar surface area (TPSA) is 46.5 Å². The molecule has 0 spiro atoms. The molecule has 0 unspecified atom stereocenters. The lowest BCUT2D eigenvalue weighted by atomic mass is 9.97. The van der Waals surface area contributed by atoms with Gasteiger partial charge >= 0.3 is 5.97 Å². The summed E-state index contributed by atoms with van der Waals surface area (Å²) >= 11 is 0. The van der Waals surface area contributed by atoms with Gasteiger partial charge in [0.2, 0.25) is 0 Å². The van der Waals surface area contributed by atoms with E-state index in [1.54, 1.807) is 32.9 Å². The van der Waals surface area contributed by atoms with Gasteiger partial charge in [0.15, 0.2) is 0 Å². The van der Waals surface area contributed by atoms with Crippen molar-refractivity contribution in [3.63, 3.8) is 0 Å². The third-order valence-corrected chi connectivity index (χ3v) is 2.24. The van der Waals surface area contributed by atoms with E-state index in [1.165, 1.54) is 6.07 Å². The van der Waals surface area contributed by atoms with Crippen LogP contribution in [0.25, 0.3) is 0 Å². The van der Waals surface area contributed by atoms with Gasteiger partial charge in [-0.25, -0.2) is 0 Å². The summed E-state index contributed by atoms with van der Waals surface area (Å²) in [7, 11) is 0. The Morgan fingerprint density at radius 3 is 2.50 bits per heavy atom. The van der Waals surface area contributed by atoms with Gasteiger partial charge in [-0.1, -0.05) is 6.92 Å². The molecule has 16 heavy (non-hydrogen) atoms. The molecule has 1 rings (SSSR count). The van der Waals surface area contributed by atoms with E-state index in [0.717, 1.165) is 5.56 Å². The second kappa shape index (κ2) is 4.56. The van der Waals surface area contributed by atoms with Crippen LogP contribution in [0.2, 0.25) is 0 Å². The Kier molecular flexibility index (Phi) is 3.58. The largest absolute Gasteiger partial charge is 0.508 e. The Bertz CT molecular complexity index is 389. The molecule has 0 saturated heterocycles. The summed E-state index contributed by atoms with van der Waals surface area (Å²) in [5.74, 6) is 0.445. The molecule has 0 aliphatic heterocycles. The van der Waals surface area contributed by atoms with Crippen molar-refractivity contribution in [2.75, 3.05) is 0 Å². The number of phenols is 1. The summed E-state index contributed by atoms with van der Waals surface area (Å²) in [4.78, 5) is 11.7. The van der Waals surface area contributed by atoms with Crippen LogP contribution in [0.5, 0.6) is 11.5 Å². The Hall–Kier alpha value is -1.51. The van der Waals surface area contributed by atoms with Crippen LogP contribution in [0.3, 0.4) is 0 Å². The number of aromatic hydroxyl groups is 1. The highest BCUT2D eigenvalue weighted by molar-refractivity contribution is 5.78. The molecule has 0 radical (unpaired) electrons. The SMILES string of the molecule is CCc1cc(O)ccc1OC(=O)C(C)(C)C. The minimum absolute atomic E-state index is 0.187. The van der Waals surface area contributed by atoms with Crippen molar-refractivity contribution in [1.82, 2.24) is 0 Å². The van der Waals surface area contributed by atoms with Crippen LogP contribution in [-0.2, 0) is 11.2 Å². The van der Waals surface area contributed by atoms with Crippen molar-refractivity contribution in [1.29, 1.82) is 0 Å². The fraction of sp³-hybridized carbons (Fsp3) is 0.462. The molecule has 0 aromatic heterocycles. The van der Waals surface area contributed by atoms with Crippen LogP contribution in [-0.4, -0.2) is 11.1 Å². The van der Waals surface area contributed by atoms with Crippen LogP contribution in [0.15, 0.2) is 18.2 Å². The van der Waals surface area contributed by atoms with Crippen LogP contribution in [0, 0.1) is 5.41 Å². The molecular formula is C13H18O3. The monoisotopic (exact) mass is 222 g/mol. The van der Waals surface area contributed by atoms with E-state index in [4.69, 9.17) is 4.74 Å². The highest BCUT2D eigenvalue weighted by Gasteiger charge is 2.24. The molecule has 0 fully saturated rings. The smallest absolute Gasteiger partial charge is 0.316 e. The van der Waals surface area contributed by atoms with Crippen molar-refractivity contribution in [3.05, 3.63) is 23.8 Å². The number of aryl methyl sites for hydroxylation is 1. The van der Waals surface area contributed by atoms with Gasteiger partial charge in [0.05, 0.1) is 5.41 Å². The van der Waals surface area contributed by atoms with Crippen LogP contribution < -0.4 is 4.74 Å². The molecule has 3 nitrogen and oxygen atoms in total. The van der Waals surface area contributed by atoms with E-state index in [-0.39, 0.29) is 11.7 Å². The van der Waals surface area contributed by atoms with E-state index in [1.807, 2.05) is 6.92 Å². The first-order chi connectivity index (χ1) is 7.34. The second-order valence-corrected chi connectivity index (χ2v) is 4.79. The maximum Gasteiger partial charge on any atom is 0.316 e. The maximum atomic E-state index is 11.7. The molecule has 0 saturated carbocycles. The standard InChI is InChI=1S/C13H18O3/c1-5-9-8-10(14)6-7-11(9)16-12(15)13(2,3)4/h6-8,14H,5H2,1-4H3. The van der Waals surface area contributed by atoms with Gasteiger partial charge in [-0.3, -0.25) is 4.79 Å². The number of esters is 1. The highest BCUT2D eigenvalue weighted by Crippen LogP contribution is 2.26. The number of phenolic OH excluding ortho intramolecular Hbond substituents is 1. The molecule has 3 heteroatoms. The Morgan fingerprint density at radius 1 is 1.38 bits per heavy atom. The van der Waals surface area contributed by atoms with Crippen LogP contribution >= 0.6 is 0 Å². The fourth-order valence-corrected chi connectivity index (χ4v) is 1.19. The number of carbonyl (C=O) groups excluding carboxylic acids is 1. The molecule has 1 aromatic carbocycles. The molecule has 0 amide bonds. The summed E-state index contributed by atoms with van der Waals surface area (Å²) in [5, 5.41) is 9.32. The van der Waals surface area contributed by atoms with Gasteiger partial charge in [0, 0.05) is 0 Å². The minimum atomic E-state index is -0.525. The highest BCUT2D eigenvalue weighted by atomic mass is 16.5. The van der Waals surface area contributed by atoms with Crippen molar-refractivity contribution in [3.8, 4) is 11.5 Å². The Labute approximate surface area is 96.1 Å². The third kappa shape index (κ3) is 2.99. The van der Waals surface area contributed by atoms with Gasteiger partial charge < -0.3 is 9.84 Å². The molecule has 1 N–H and O–H groups in total. The Morgan fingerprint density at radius 2 is 2.00 bits per heavy atom. The summed E-state index contributed by atoms with van der Waals surface area (Å²) in [6, 6.07) is 4.76. The minimum Gasteiger partial charge on any atom is -0.508 e. The van der Waals surface area contributed by atoms with Gasteiger partial charge in [-0.2, -0.15) is 0 Å². The lowest BCUT2D eigenvalue weighted by Gasteiger charge is -2.17. The Balaban J connectivity index is 2.93. The van der Waals surface area contributed by atoms with Crippen LogP contribution in [0.1, 0.15) is 33.3 Å².